The first-order chi connectivity index (χ1) is 22.4. The molecule has 0 saturated heterocycles. The number of ether oxygens (including phenoxy) is 1. The highest BCUT2D eigenvalue weighted by atomic mass is 32.1. The molecule has 47 heavy (non-hydrogen) atoms. The number of primary amides is 1. The molecule has 250 valence electrons. The fourth-order valence-corrected chi connectivity index (χ4v) is 6.77. The van der Waals surface area contributed by atoms with Crippen LogP contribution in [0.25, 0.3) is 16.9 Å². The van der Waals surface area contributed by atoms with Crippen LogP contribution in [0.3, 0.4) is 0 Å². The maximum atomic E-state index is 14.6. The summed E-state index contributed by atoms with van der Waals surface area (Å²) >= 11 is 1.41. The number of pyridine rings is 1. The highest BCUT2D eigenvalue weighted by Crippen LogP contribution is 2.34. The molecule has 5 heterocycles. The number of carbonyl (C=O) groups excluding carboxylic acids is 1. The van der Waals surface area contributed by atoms with Crippen LogP contribution in [0.1, 0.15) is 43.8 Å². The summed E-state index contributed by atoms with van der Waals surface area (Å²) in [6.45, 7) is 18.1. The minimum absolute atomic E-state index is 0.0896. The van der Waals surface area contributed by atoms with Crippen LogP contribution in [0.5, 0.6) is 0 Å². The first kappa shape index (κ1) is 34.3. The van der Waals surface area contributed by atoms with Crippen LogP contribution >= 0.6 is 11.5 Å². The third-order valence-corrected chi connectivity index (χ3v) is 10.5. The number of rotatable bonds is 15. The minimum Gasteiger partial charge on any atom is -0.368 e. The van der Waals surface area contributed by atoms with Crippen molar-refractivity contribution in [2.75, 3.05) is 24.8 Å². The Labute approximate surface area is 279 Å². The van der Waals surface area contributed by atoms with Gasteiger partial charge in [0, 0.05) is 57.0 Å². The number of carbonyl (C=O) groups is 1. The summed E-state index contributed by atoms with van der Waals surface area (Å²) in [7, 11) is -1.29. The number of nitrogens with zero attached hydrogens (tertiary/aromatic N) is 9. The van der Waals surface area contributed by atoms with E-state index in [4.69, 9.17) is 24.8 Å². The standard InChI is InChI=1S/C32H43FN10O2SSi/c1-8-40(21(2)3)19-24-13-28(46-39-24)42(20-45-11-12-47(5,6)7)32-31-36-16-27(41(31)17-22(4)38-32)23-14-37-43(18-23)29(30(34)44)25-9-10-35-15-26(25)33/h9-10,13-18,21,29H,8,11-12,19-20H2,1-7H3,(H2,34,44). The fraction of sp³-hybridized carbons (Fsp3) is 0.438. The molecule has 2 N–H and O–H groups in total. The molecule has 1 unspecified atom stereocenters. The molecule has 15 heteroatoms. The average molecular weight is 679 g/mol. The summed E-state index contributed by atoms with van der Waals surface area (Å²) in [5, 5.41) is 5.31. The number of amides is 1. The largest absolute Gasteiger partial charge is 0.368 e. The van der Waals surface area contributed by atoms with Crippen LogP contribution in [0, 0.1) is 12.7 Å². The quantitative estimate of drug-likeness (QED) is 0.0848. The van der Waals surface area contributed by atoms with Gasteiger partial charge in [0.2, 0.25) is 5.91 Å². The predicted molar refractivity (Wildman–Crippen MR) is 185 cm³/mol. The number of hydrogen-bond donors (Lipinski definition) is 1. The van der Waals surface area contributed by atoms with Crippen molar-refractivity contribution in [2.24, 2.45) is 5.73 Å². The summed E-state index contributed by atoms with van der Waals surface area (Å²) in [5.74, 6) is -0.745. The lowest BCUT2D eigenvalue weighted by molar-refractivity contribution is -0.120. The fourth-order valence-electron chi connectivity index (χ4n) is 5.26. The van der Waals surface area contributed by atoms with Gasteiger partial charge in [-0.3, -0.25) is 28.7 Å². The number of aryl methyl sites for hydroxylation is 1. The van der Waals surface area contributed by atoms with Crippen molar-refractivity contribution in [2.45, 2.75) is 72.0 Å². The van der Waals surface area contributed by atoms with Gasteiger partial charge in [-0.05, 0) is 57.0 Å². The normalized spacial score (nSPS) is 12.8. The second kappa shape index (κ2) is 14.4. The van der Waals surface area contributed by atoms with Crippen LogP contribution in [-0.2, 0) is 16.1 Å². The number of hydrogen-bond acceptors (Lipinski definition) is 10. The lowest BCUT2D eigenvalue weighted by atomic mass is 10.1. The number of anilines is 2. The SMILES string of the molecule is CCN(Cc1cc(N(COCC[Si](C)(C)C)c2nc(C)cn3c(-c4cnn(C(C(N)=O)c5ccncc5F)c4)cnc23)sn1)C(C)C. The van der Waals surface area contributed by atoms with E-state index in [1.54, 1.807) is 18.6 Å². The van der Waals surface area contributed by atoms with Crippen LogP contribution in [-0.4, -0.2) is 78.3 Å². The van der Waals surface area contributed by atoms with Gasteiger partial charge in [-0.1, -0.05) is 26.6 Å². The van der Waals surface area contributed by atoms with Gasteiger partial charge < -0.3 is 10.5 Å². The Kier molecular flexibility index (Phi) is 10.5. The Morgan fingerprint density at radius 3 is 2.66 bits per heavy atom. The summed E-state index contributed by atoms with van der Waals surface area (Å²) in [4.78, 5) is 30.4. The zero-order chi connectivity index (χ0) is 33.9. The maximum absolute atomic E-state index is 14.6. The lowest BCUT2D eigenvalue weighted by Gasteiger charge is -2.24. The second-order valence-electron chi connectivity index (χ2n) is 13.0. The number of nitrogens with two attached hydrogens (primary N) is 1. The highest BCUT2D eigenvalue weighted by molar-refractivity contribution is 7.10. The van der Waals surface area contributed by atoms with E-state index in [0.29, 0.717) is 29.7 Å². The van der Waals surface area contributed by atoms with E-state index in [1.165, 1.54) is 28.5 Å². The Hall–Kier alpha value is -4.05. The first-order valence-electron chi connectivity index (χ1n) is 15.7. The van der Waals surface area contributed by atoms with Crippen molar-refractivity contribution in [3.8, 4) is 11.3 Å². The Morgan fingerprint density at radius 1 is 1.19 bits per heavy atom. The molecule has 0 aromatic carbocycles. The molecule has 0 saturated carbocycles. The maximum Gasteiger partial charge on any atom is 0.247 e. The van der Waals surface area contributed by atoms with Gasteiger partial charge in [-0.25, -0.2) is 14.4 Å². The molecule has 0 aliphatic carbocycles. The second-order valence-corrected chi connectivity index (χ2v) is 19.4. The van der Waals surface area contributed by atoms with Crippen molar-refractivity contribution in [3.63, 3.8) is 0 Å². The van der Waals surface area contributed by atoms with Crippen LogP contribution in [0.2, 0.25) is 25.7 Å². The van der Waals surface area contributed by atoms with Crippen molar-refractivity contribution in [1.82, 2.24) is 38.4 Å². The molecule has 1 amide bonds. The van der Waals surface area contributed by atoms with Gasteiger partial charge in [0.15, 0.2) is 17.5 Å². The van der Waals surface area contributed by atoms with E-state index >= 15 is 0 Å². The van der Waals surface area contributed by atoms with Crippen molar-refractivity contribution in [1.29, 1.82) is 0 Å². The number of halogens is 1. The highest BCUT2D eigenvalue weighted by Gasteiger charge is 2.26. The Bertz CT molecular complexity index is 1830. The monoisotopic (exact) mass is 678 g/mol. The van der Waals surface area contributed by atoms with Gasteiger partial charge in [-0.15, -0.1) is 0 Å². The molecule has 0 fully saturated rings. The molecule has 5 aromatic rings. The van der Waals surface area contributed by atoms with Crippen LogP contribution in [0.4, 0.5) is 15.2 Å². The van der Waals surface area contributed by atoms with Gasteiger partial charge >= 0.3 is 0 Å². The van der Waals surface area contributed by atoms with E-state index in [0.717, 1.165) is 47.4 Å². The van der Waals surface area contributed by atoms with Crippen LogP contribution in [0.15, 0.2) is 49.3 Å². The average Bonchev–Trinajstić information content (AvgIpc) is 3.76. The number of imidazole rings is 1. The molecular formula is C32H43FN10O2SSi. The zero-order valence-corrected chi connectivity index (χ0v) is 29.8. The smallest absolute Gasteiger partial charge is 0.247 e. The molecule has 0 aliphatic rings. The first-order valence-corrected chi connectivity index (χ1v) is 20.2. The van der Waals surface area contributed by atoms with Crippen molar-refractivity contribution >= 4 is 42.0 Å². The lowest BCUT2D eigenvalue weighted by Crippen LogP contribution is -2.30. The van der Waals surface area contributed by atoms with Crippen molar-refractivity contribution in [3.05, 3.63) is 72.1 Å². The topological polar surface area (TPSA) is 133 Å². The summed E-state index contributed by atoms with van der Waals surface area (Å²) in [6.07, 6.45) is 9.36. The summed E-state index contributed by atoms with van der Waals surface area (Å²) < 4.78 is 29.0. The predicted octanol–water partition coefficient (Wildman–Crippen LogP) is 5.65. The third kappa shape index (κ3) is 7.92. The molecule has 0 aliphatic heterocycles. The Balaban J connectivity index is 1.52. The Morgan fingerprint density at radius 2 is 1.98 bits per heavy atom. The molecule has 5 rings (SSSR count). The third-order valence-electron chi connectivity index (χ3n) is 7.91. The van der Waals surface area contributed by atoms with Gasteiger partial charge in [-0.2, -0.15) is 9.47 Å². The molecule has 0 radical (unpaired) electrons. The molecular weight excluding hydrogens is 636 g/mol. The van der Waals surface area contributed by atoms with Gasteiger partial charge in [0.1, 0.15) is 17.5 Å². The molecule has 0 bridgehead atoms. The molecule has 1 atom stereocenters. The van der Waals surface area contributed by atoms with Crippen molar-refractivity contribution < 1.29 is 13.9 Å². The van der Waals surface area contributed by atoms with Gasteiger partial charge in [0.05, 0.1) is 35.7 Å². The summed E-state index contributed by atoms with van der Waals surface area (Å²) in [5.41, 5.74) is 9.55. The van der Waals surface area contributed by atoms with E-state index < -0.39 is 25.8 Å². The van der Waals surface area contributed by atoms with E-state index in [1.807, 2.05) is 22.4 Å². The zero-order valence-electron chi connectivity index (χ0n) is 28.0. The molecule has 5 aromatic heterocycles. The molecule has 0 spiro atoms. The number of fused-ring (bicyclic) bond motifs is 1. The minimum atomic E-state index is -1.29. The van der Waals surface area contributed by atoms with E-state index in [9.17, 15) is 9.18 Å². The number of aromatic nitrogens is 7. The van der Waals surface area contributed by atoms with Crippen LogP contribution < -0.4 is 10.6 Å². The van der Waals surface area contributed by atoms with Gasteiger partial charge in [0.25, 0.3) is 0 Å². The summed E-state index contributed by atoms with van der Waals surface area (Å²) in [6, 6.07) is 3.83. The van der Waals surface area contributed by atoms with E-state index in [-0.39, 0.29) is 12.3 Å². The van der Waals surface area contributed by atoms with E-state index in [2.05, 4.69) is 61.5 Å². The molecule has 12 nitrogen and oxygen atoms in total.